The summed E-state index contributed by atoms with van der Waals surface area (Å²) >= 11 is 0. The molecule has 30 heavy (non-hydrogen) atoms. The fourth-order valence-electron chi connectivity index (χ4n) is 4.05. The van der Waals surface area contributed by atoms with Crippen molar-refractivity contribution in [1.82, 2.24) is 0 Å². The maximum atomic E-state index is 13.0. The first-order valence-electron chi connectivity index (χ1n) is 10.1. The van der Waals surface area contributed by atoms with Gasteiger partial charge in [0.1, 0.15) is 12.1 Å². The third kappa shape index (κ3) is 4.36. The predicted molar refractivity (Wildman–Crippen MR) is 110 cm³/mol. The summed E-state index contributed by atoms with van der Waals surface area (Å²) in [4.78, 5) is 15.3. The van der Waals surface area contributed by atoms with E-state index in [0.29, 0.717) is 30.9 Å². The molecule has 0 spiro atoms. The van der Waals surface area contributed by atoms with E-state index in [2.05, 4.69) is 6.92 Å². The van der Waals surface area contributed by atoms with Gasteiger partial charge in [-0.05, 0) is 36.2 Å². The molecule has 2 heterocycles. The Kier molecular flexibility index (Phi) is 5.56. The van der Waals surface area contributed by atoms with Crippen LogP contribution in [0.5, 0.6) is 0 Å². The monoisotopic (exact) mass is 417 g/mol. The van der Waals surface area contributed by atoms with Gasteiger partial charge in [0.15, 0.2) is 0 Å². The van der Waals surface area contributed by atoms with Gasteiger partial charge in [-0.1, -0.05) is 25.1 Å². The summed E-state index contributed by atoms with van der Waals surface area (Å²) in [5.41, 5.74) is 2.30. The number of benzene rings is 2. The van der Waals surface area contributed by atoms with Gasteiger partial charge < -0.3 is 14.2 Å². The quantitative estimate of drug-likeness (QED) is 0.663. The molecule has 4 nitrogen and oxygen atoms in total. The molecule has 0 radical (unpaired) electrons. The number of hydrogen-bond donors (Lipinski definition) is 1. The molecule has 2 aromatic carbocycles. The summed E-state index contributed by atoms with van der Waals surface area (Å²) in [6, 6.07) is 13.0. The van der Waals surface area contributed by atoms with Gasteiger partial charge in [0, 0.05) is 22.7 Å². The van der Waals surface area contributed by atoms with Gasteiger partial charge in [-0.15, -0.1) is 0 Å². The lowest BCUT2D eigenvalue weighted by Crippen LogP contribution is -3.13. The number of halogens is 3. The van der Waals surface area contributed by atoms with Crippen LogP contribution in [0.15, 0.2) is 57.7 Å². The van der Waals surface area contributed by atoms with Gasteiger partial charge in [-0.25, -0.2) is 4.79 Å². The van der Waals surface area contributed by atoms with Crippen molar-refractivity contribution >= 4 is 16.7 Å². The normalized spacial score (nSPS) is 15.7. The van der Waals surface area contributed by atoms with Crippen molar-refractivity contribution in [3.05, 3.63) is 75.6 Å². The smallest absolute Gasteiger partial charge is 0.416 e. The Morgan fingerprint density at radius 1 is 1.07 bits per heavy atom. The zero-order valence-electron chi connectivity index (χ0n) is 16.8. The average molecular weight is 417 g/mol. The van der Waals surface area contributed by atoms with Crippen molar-refractivity contribution in [1.29, 1.82) is 0 Å². The molecule has 158 valence electrons. The van der Waals surface area contributed by atoms with Crippen LogP contribution in [0.1, 0.15) is 23.6 Å². The molecule has 0 saturated carbocycles. The number of quaternary nitrogens is 1. The zero-order chi connectivity index (χ0) is 21.3. The van der Waals surface area contributed by atoms with Crippen LogP contribution in [-0.2, 0) is 19.1 Å². The Labute approximate surface area is 172 Å². The number of fused-ring (bicyclic) bond motifs is 1. The van der Waals surface area contributed by atoms with E-state index >= 15 is 0 Å². The van der Waals surface area contributed by atoms with E-state index < -0.39 is 11.7 Å². The van der Waals surface area contributed by atoms with Crippen LogP contribution in [0.2, 0.25) is 0 Å². The summed E-state index contributed by atoms with van der Waals surface area (Å²) in [5.74, 6) is 0. The lowest BCUT2D eigenvalue weighted by molar-refractivity contribution is -0.914. The van der Waals surface area contributed by atoms with Crippen molar-refractivity contribution in [3.63, 3.8) is 0 Å². The maximum Gasteiger partial charge on any atom is 0.416 e. The molecule has 0 aliphatic carbocycles. The molecule has 0 atom stereocenters. The summed E-state index contributed by atoms with van der Waals surface area (Å²) in [6.07, 6.45) is -3.47. The van der Waals surface area contributed by atoms with E-state index in [9.17, 15) is 18.0 Å². The fourth-order valence-corrected chi connectivity index (χ4v) is 4.05. The number of alkyl halides is 3. The SMILES string of the molecule is CCc1ccc2c(C[NH+]3CCN(c4cccc(C(F)(F)F)c4)CC3)cc(=O)oc2c1. The Bertz CT molecular complexity index is 1100. The van der Waals surface area contributed by atoms with Crippen molar-refractivity contribution in [3.8, 4) is 0 Å². The summed E-state index contributed by atoms with van der Waals surface area (Å²) < 4.78 is 44.4. The topological polar surface area (TPSA) is 37.9 Å². The predicted octanol–water partition coefficient (Wildman–Crippen LogP) is 3.28. The molecule has 0 unspecified atom stereocenters. The molecule has 4 rings (SSSR count). The molecule has 1 saturated heterocycles. The minimum absolute atomic E-state index is 0.354. The largest absolute Gasteiger partial charge is 0.423 e. The Morgan fingerprint density at radius 3 is 2.53 bits per heavy atom. The first-order chi connectivity index (χ1) is 14.3. The van der Waals surface area contributed by atoms with Crippen molar-refractivity contribution in [2.24, 2.45) is 0 Å². The van der Waals surface area contributed by atoms with Crippen LogP contribution in [-0.4, -0.2) is 26.2 Å². The van der Waals surface area contributed by atoms with Crippen molar-refractivity contribution < 1.29 is 22.5 Å². The van der Waals surface area contributed by atoms with Crippen molar-refractivity contribution in [2.45, 2.75) is 26.1 Å². The van der Waals surface area contributed by atoms with E-state index in [1.54, 1.807) is 12.1 Å². The van der Waals surface area contributed by atoms with Gasteiger partial charge in [-0.2, -0.15) is 13.2 Å². The van der Waals surface area contributed by atoms with Crippen LogP contribution in [0, 0.1) is 0 Å². The molecule has 1 aromatic heterocycles. The van der Waals surface area contributed by atoms with Gasteiger partial charge >= 0.3 is 11.8 Å². The number of nitrogens with zero attached hydrogens (tertiary/aromatic N) is 1. The molecule has 0 bridgehead atoms. The average Bonchev–Trinajstić information content (AvgIpc) is 2.73. The lowest BCUT2D eigenvalue weighted by Gasteiger charge is -2.34. The molecular weight excluding hydrogens is 393 g/mol. The highest BCUT2D eigenvalue weighted by Gasteiger charge is 2.31. The third-order valence-electron chi connectivity index (χ3n) is 5.75. The van der Waals surface area contributed by atoms with Crippen LogP contribution in [0.4, 0.5) is 18.9 Å². The first-order valence-corrected chi connectivity index (χ1v) is 10.1. The maximum absolute atomic E-state index is 13.0. The van der Waals surface area contributed by atoms with E-state index in [4.69, 9.17) is 4.42 Å². The molecule has 3 aromatic rings. The van der Waals surface area contributed by atoms with Gasteiger partial charge in [0.2, 0.25) is 0 Å². The second-order valence-corrected chi connectivity index (χ2v) is 7.74. The number of nitrogens with one attached hydrogen (secondary N) is 1. The Balaban J connectivity index is 1.48. The standard InChI is InChI=1S/C23H23F3N2O2/c1-2-16-6-7-20-17(13-22(29)30-21(20)12-16)15-27-8-10-28(11-9-27)19-5-3-4-18(14-19)23(24,25)26/h3-7,12-14H,2,8-11,15H2,1H3/p+1. The fraction of sp³-hybridized carbons (Fsp3) is 0.348. The lowest BCUT2D eigenvalue weighted by atomic mass is 10.1. The molecule has 1 N–H and O–H groups in total. The van der Waals surface area contributed by atoms with Gasteiger partial charge in [0.25, 0.3) is 0 Å². The summed E-state index contributed by atoms with van der Waals surface area (Å²) in [7, 11) is 0. The minimum atomic E-state index is -4.34. The number of rotatable bonds is 4. The molecule has 1 fully saturated rings. The van der Waals surface area contributed by atoms with Gasteiger partial charge in [-0.3, -0.25) is 0 Å². The van der Waals surface area contributed by atoms with E-state index in [1.165, 1.54) is 17.0 Å². The van der Waals surface area contributed by atoms with Crippen LogP contribution < -0.4 is 15.4 Å². The van der Waals surface area contributed by atoms with Crippen LogP contribution >= 0.6 is 0 Å². The molecule has 1 aliphatic heterocycles. The van der Waals surface area contributed by atoms with E-state index in [1.807, 2.05) is 23.1 Å². The van der Waals surface area contributed by atoms with Crippen molar-refractivity contribution in [2.75, 3.05) is 31.1 Å². The van der Waals surface area contributed by atoms with Gasteiger partial charge in [0.05, 0.1) is 31.7 Å². The highest BCUT2D eigenvalue weighted by Crippen LogP contribution is 2.31. The summed E-state index contributed by atoms with van der Waals surface area (Å²) in [5, 5.41) is 0.944. The Hall–Kier alpha value is -2.80. The van der Waals surface area contributed by atoms with E-state index in [-0.39, 0.29) is 5.63 Å². The number of hydrogen-bond acceptors (Lipinski definition) is 3. The molecule has 7 heteroatoms. The van der Waals surface area contributed by atoms with Crippen LogP contribution in [0.25, 0.3) is 11.0 Å². The molecular formula is C23H24F3N2O2+. The second-order valence-electron chi connectivity index (χ2n) is 7.74. The number of anilines is 1. The third-order valence-corrected chi connectivity index (χ3v) is 5.75. The molecule has 0 amide bonds. The highest BCUT2D eigenvalue weighted by atomic mass is 19.4. The second kappa shape index (κ2) is 8.14. The highest BCUT2D eigenvalue weighted by molar-refractivity contribution is 5.80. The first kappa shape index (κ1) is 20.5. The number of piperazine rings is 1. The summed E-state index contributed by atoms with van der Waals surface area (Å²) in [6.45, 7) is 5.63. The van der Waals surface area contributed by atoms with E-state index in [0.717, 1.165) is 42.1 Å². The number of aryl methyl sites for hydroxylation is 1. The molecule has 1 aliphatic rings. The minimum Gasteiger partial charge on any atom is -0.423 e. The Morgan fingerprint density at radius 2 is 1.83 bits per heavy atom. The zero-order valence-corrected chi connectivity index (χ0v) is 16.8. The van der Waals surface area contributed by atoms with Crippen LogP contribution in [0.3, 0.4) is 0 Å².